The Balaban J connectivity index is 0.000000494. The molecule has 11 nitrogen and oxygen atoms in total. The van der Waals surface area contributed by atoms with Crippen LogP contribution in [0.2, 0.25) is 0 Å². The van der Waals surface area contributed by atoms with Crippen LogP contribution < -0.4 is 0 Å². The van der Waals surface area contributed by atoms with Crippen LogP contribution in [0.25, 0.3) is 0 Å². The molecule has 108 valence electrons. The highest BCUT2D eigenvalue weighted by Crippen LogP contribution is 2.19. The lowest BCUT2D eigenvalue weighted by Crippen LogP contribution is -2.59. The summed E-state index contributed by atoms with van der Waals surface area (Å²) in [5, 5.41) is 44.4. The fraction of sp³-hybridized carbons (Fsp3) is 0.833. The largest absolute Gasteiger partial charge is 0.479 e. The minimum Gasteiger partial charge on any atom is -0.479 e. The van der Waals surface area contributed by atoms with E-state index in [4.69, 9.17) is 43.1 Å². The number of ether oxygens (including phenoxy) is 1. The van der Waals surface area contributed by atoms with Crippen LogP contribution in [0.4, 0.5) is 0 Å². The van der Waals surface area contributed by atoms with Crippen molar-refractivity contribution in [2.45, 2.75) is 30.7 Å². The summed E-state index contributed by atoms with van der Waals surface area (Å²) >= 11 is 0. The van der Waals surface area contributed by atoms with Crippen molar-refractivity contribution in [3.63, 3.8) is 0 Å². The zero-order chi connectivity index (χ0) is 14.7. The third-order valence-electron chi connectivity index (χ3n) is 1.83. The van der Waals surface area contributed by atoms with Gasteiger partial charge in [-0.15, -0.1) is 0 Å². The smallest absolute Gasteiger partial charge is 0.394 e. The quantitative estimate of drug-likeness (QED) is 0.233. The van der Waals surface area contributed by atoms with Gasteiger partial charge in [-0.1, -0.05) is 0 Å². The maximum absolute atomic E-state index is 10.4. The Kier molecular flexibility index (Phi) is 6.05. The molecule has 0 aliphatic carbocycles. The summed E-state index contributed by atoms with van der Waals surface area (Å²) in [4.78, 5) is 10.4. The predicted octanol–water partition coefficient (Wildman–Crippen LogP) is -3.78. The third kappa shape index (κ3) is 5.65. The molecule has 0 aromatic heterocycles. The van der Waals surface area contributed by atoms with E-state index in [9.17, 15) is 4.79 Å². The van der Waals surface area contributed by atoms with Gasteiger partial charge in [0.05, 0.1) is 0 Å². The Morgan fingerprint density at radius 3 is 1.67 bits per heavy atom. The molecule has 0 aromatic carbocycles. The summed E-state index contributed by atoms with van der Waals surface area (Å²) in [5.41, 5.74) is 0. The molecular weight excluding hydrogens is 280 g/mol. The number of carbonyl (C=O) groups is 1. The van der Waals surface area contributed by atoms with Crippen LogP contribution in [0.1, 0.15) is 0 Å². The van der Waals surface area contributed by atoms with E-state index < -0.39 is 47.1 Å². The van der Waals surface area contributed by atoms with Gasteiger partial charge in [-0.25, -0.2) is 4.79 Å². The van der Waals surface area contributed by atoms with Crippen LogP contribution in [-0.4, -0.2) is 79.7 Å². The number of hydrogen-bond donors (Lipinski definition) is 7. The number of hydrogen-bond acceptors (Lipinski definition) is 8. The Labute approximate surface area is 100 Å². The van der Waals surface area contributed by atoms with E-state index in [-0.39, 0.29) is 0 Å². The molecule has 7 N–H and O–H groups in total. The van der Waals surface area contributed by atoms with Gasteiger partial charge < -0.3 is 30.3 Å². The van der Waals surface area contributed by atoms with Gasteiger partial charge in [-0.3, -0.25) is 9.11 Å². The molecule has 18 heavy (non-hydrogen) atoms. The highest BCUT2D eigenvalue weighted by atomic mass is 32.3. The number of rotatable bonds is 1. The minimum atomic E-state index is -4.67. The molecule has 1 rings (SSSR count). The summed E-state index contributed by atoms with van der Waals surface area (Å²) in [6.45, 7) is 0. The number of carboxylic acids is 1. The molecule has 0 aromatic rings. The molecule has 0 radical (unpaired) electrons. The van der Waals surface area contributed by atoms with Gasteiger partial charge in [0.15, 0.2) is 12.4 Å². The molecule has 1 heterocycles. The SMILES string of the molecule is O=C(O)[C@@H]1O[C@@H](O)[C@H](O)[C@@H](O)[C@@H]1O.O=S(=O)(O)O. The number of aliphatic hydroxyl groups is 4. The standard InChI is InChI=1S/C6H10O7.H2O4S/c7-1-2(8)4(5(10)11)13-6(12)3(1)9;1-5(2,3)4/h1-4,6-9,12H,(H,10,11);(H2,1,2,3,4)/t1-,2-,3+,4+,6+;/m0./s1. The molecule has 0 saturated carbocycles. The molecule has 0 spiro atoms. The van der Waals surface area contributed by atoms with Crippen molar-refractivity contribution in [3.05, 3.63) is 0 Å². The lowest BCUT2D eigenvalue weighted by atomic mass is 9.99. The van der Waals surface area contributed by atoms with Crippen molar-refractivity contribution >= 4 is 16.4 Å². The van der Waals surface area contributed by atoms with E-state index in [1.165, 1.54) is 0 Å². The maximum Gasteiger partial charge on any atom is 0.394 e. The van der Waals surface area contributed by atoms with Gasteiger partial charge in [0.2, 0.25) is 0 Å². The van der Waals surface area contributed by atoms with Crippen molar-refractivity contribution in [2.75, 3.05) is 0 Å². The number of aliphatic hydroxyl groups excluding tert-OH is 4. The average Bonchev–Trinajstić information content (AvgIpc) is 2.17. The second-order valence-electron chi connectivity index (χ2n) is 3.21. The van der Waals surface area contributed by atoms with E-state index in [1.54, 1.807) is 0 Å². The molecular formula is C6H12O11S. The van der Waals surface area contributed by atoms with Crippen molar-refractivity contribution in [3.8, 4) is 0 Å². The van der Waals surface area contributed by atoms with Crippen LogP contribution in [0.3, 0.4) is 0 Å². The Morgan fingerprint density at radius 2 is 1.33 bits per heavy atom. The number of carboxylic acid groups (broad SMARTS) is 1. The Bertz CT molecular complexity index is 369. The molecule has 5 atom stereocenters. The highest BCUT2D eigenvalue weighted by molar-refractivity contribution is 7.79. The van der Waals surface area contributed by atoms with Gasteiger partial charge in [0.1, 0.15) is 18.3 Å². The van der Waals surface area contributed by atoms with Crippen molar-refractivity contribution in [2.24, 2.45) is 0 Å². The van der Waals surface area contributed by atoms with E-state index in [2.05, 4.69) is 4.74 Å². The molecule has 12 heteroatoms. The molecule has 1 saturated heterocycles. The fourth-order valence-corrected chi connectivity index (χ4v) is 1.07. The lowest BCUT2D eigenvalue weighted by molar-refractivity contribution is -0.279. The van der Waals surface area contributed by atoms with Crippen molar-refractivity contribution in [1.82, 2.24) is 0 Å². The first kappa shape index (κ1) is 17.1. The van der Waals surface area contributed by atoms with Gasteiger partial charge in [-0.05, 0) is 0 Å². The second kappa shape index (κ2) is 6.35. The van der Waals surface area contributed by atoms with Crippen LogP contribution >= 0.6 is 0 Å². The summed E-state index contributed by atoms with van der Waals surface area (Å²) in [6, 6.07) is 0. The summed E-state index contributed by atoms with van der Waals surface area (Å²) in [5.74, 6) is -1.52. The van der Waals surface area contributed by atoms with Gasteiger partial charge in [0.25, 0.3) is 0 Å². The molecule has 0 bridgehead atoms. The minimum absolute atomic E-state index is 1.52. The summed E-state index contributed by atoms with van der Waals surface area (Å²) in [6.07, 6.45) is -8.72. The summed E-state index contributed by atoms with van der Waals surface area (Å²) in [7, 11) is -4.67. The van der Waals surface area contributed by atoms with Crippen molar-refractivity contribution in [1.29, 1.82) is 0 Å². The van der Waals surface area contributed by atoms with E-state index >= 15 is 0 Å². The van der Waals surface area contributed by atoms with Crippen molar-refractivity contribution < 1.29 is 52.6 Å². The first-order chi connectivity index (χ1) is 7.95. The Morgan fingerprint density at radius 1 is 0.944 bits per heavy atom. The van der Waals surface area contributed by atoms with E-state index in [0.29, 0.717) is 0 Å². The average molecular weight is 292 g/mol. The third-order valence-corrected chi connectivity index (χ3v) is 1.83. The normalized spacial score (nSPS) is 36.4. The maximum atomic E-state index is 10.4. The van der Waals surface area contributed by atoms with E-state index in [1.807, 2.05) is 0 Å². The Hall–Kier alpha value is -0.860. The zero-order valence-corrected chi connectivity index (χ0v) is 9.37. The molecule has 0 unspecified atom stereocenters. The molecule has 1 aliphatic heterocycles. The van der Waals surface area contributed by atoms with Gasteiger partial charge in [0, 0.05) is 0 Å². The zero-order valence-electron chi connectivity index (χ0n) is 8.56. The second-order valence-corrected chi connectivity index (χ2v) is 4.10. The van der Waals surface area contributed by atoms with Crippen LogP contribution in [-0.2, 0) is 19.9 Å². The van der Waals surface area contributed by atoms with E-state index in [0.717, 1.165) is 0 Å². The first-order valence-corrected chi connectivity index (χ1v) is 5.65. The molecule has 1 fully saturated rings. The fourth-order valence-electron chi connectivity index (χ4n) is 1.07. The molecule has 1 aliphatic rings. The monoisotopic (exact) mass is 292 g/mol. The van der Waals surface area contributed by atoms with Gasteiger partial charge >= 0.3 is 16.4 Å². The van der Waals surface area contributed by atoms with Crippen LogP contribution in [0.5, 0.6) is 0 Å². The topological polar surface area (TPSA) is 202 Å². The predicted molar refractivity (Wildman–Crippen MR) is 50.7 cm³/mol. The molecule has 0 amide bonds. The van der Waals surface area contributed by atoms with Crippen LogP contribution in [0.15, 0.2) is 0 Å². The van der Waals surface area contributed by atoms with Crippen LogP contribution in [0, 0.1) is 0 Å². The number of aliphatic carboxylic acids is 1. The highest BCUT2D eigenvalue weighted by Gasteiger charge is 2.46. The first-order valence-electron chi connectivity index (χ1n) is 4.25. The van der Waals surface area contributed by atoms with Gasteiger partial charge in [-0.2, -0.15) is 8.42 Å². The lowest BCUT2D eigenvalue weighted by Gasteiger charge is -2.36. The summed E-state index contributed by atoms with van der Waals surface area (Å²) < 4.78 is 35.9.